The summed E-state index contributed by atoms with van der Waals surface area (Å²) < 4.78 is 0. The van der Waals surface area contributed by atoms with E-state index >= 15 is 0 Å². The van der Waals surface area contributed by atoms with Crippen molar-refractivity contribution in [3.63, 3.8) is 0 Å². The molecule has 0 aromatic carbocycles. The first-order valence-corrected chi connectivity index (χ1v) is 7.35. The fourth-order valence-electron chi connectivity index (χ4n) is 2.96. The van der Waals surface area contributed by atoms with Crippen molar-refractivity contribution in [2.45, 2.75) is 44.6 Å². The summed E-state index contributed by atoms with van der Waals surface area (Å²) in [6.45, 7) is 0.857. The van der Waals surface area contributed by atoms with Crippen LogP contribution in [0.25, 0.3) is 0 Å². The Morgan fingerprint density at radius 1 is 1.05 bits per heavy atom. The smallest absolute Gasteiger partial charge is 0.307 e. The minimum atomic E-state index is -0.829. The van der Waals surface area contributed by atoms with Gasteiger partial charge in [-0.3, -0.25) is 9.59 Å². The molecule has 1 N–H and O–H groups in total. The first-order chi connectivity index (χ1) is 9.16. The molecule has 0 radical (unpaired) electrons. The Morgan fingerprint density at radius 2 is 1.68 bits per heavy atom. The zero-order valence-electron chi connectivity index (χ0n) is 11.1. The van der Waals surface area contributed by atoms with Crippen LogP contribution in [0, 0.1) is 17.8 Å². The zero-order chi connectivity index (χ0) is 13.4. The molecule has 4 nitrogen and oxygen atoms in total. The van der Waals surface area contributed by atoms with Gasteiger partial charge in [0.15, 0.2) is 0 Å². The van der Waals surface area contributed by atoms with Crippen LogP contribution in [0.5, 0.6) is 0 Å². The Morgan fingerprint density at radius 3 is 2.21 bits per heavy atom. The van der Waals surface area contributed by atoms with Crippen LogP contribution in [0.15, 0.2) is 12.2 Å². The van der Waals surface area contributed by atoms with Gasteiger partial charge >= 0.3 is 5.97 Å². The average Bonchev–Trinajstić information content (AvgIpc) is 3.27. The highest BCUT2D eigenvalue weighted by Gasteiger charge is 2.42. The topological polar surface area (TPSA) is 57.6 Å². The molecule has 1 amide bonds. The number of aliphatic carboxylic acids is 1. The Balaban J connectivity index is 1.72. The van der Waals surface area contributed by atoms with Gasteiger partial charge in [0.25, 0.3) is 0 Å². The molecular weight excluding hydrogens is 242 g/mol. The van der Waals surface area contributed by atoms with Crippen LogP contribution < -0.4 is 0 Å². The lowest BCUT2D eigenvalue weighted by atomic mass is 9.82. The van der Waals surface area contributed by atoms with Gasteiger partial charge in [-0.25, -0.2) is 0 Å². The summed E-state index contributed by atoms with van der Waals surface area (Å²) >= 11 is 0. The number of hydrogen-bond donors (Lipinski definition) is 1. The lowest BCUT2D eigenvalue weighted by molar-refractivity contribution is -0.151. The van der Waals surface area contributed by atoms with Crippen LogP contribution in [-0.4, -0.2) is 34.5 Å². The summed E-state index contributed by atoms with van der Waals surface area (Å²) in [5, 5.41) is 9.28. The van der Waals surface area contributed by atoms with Crippen LogP contribution in [0.1, 0.15) is 38.5 Å². The van der Waals surface area contributed by atoms with Crippen molar-refractivity contribution >= 4 is 11.9 Å². The minimum Gasteiger partial charge on any atom is -0.481 e. The Labute approximate surface area is 113 Å². The maximum Gasteiger partial charge on any atom is 0.307 e. The van der Waals surface area contributed by atoms with Gasteiger partial charge in [0.1, 0.15) is 0 Å². The summed E-state index contributed by atoms with van der Waals surface area (Å²) in [7, 11) is 0. The summed E-state index contributed by atoms with van der Waals surface area (Å²) in [6.07, 6.45) is 9.58. The predicted octanol–water partition coefficient (Wildman–Crippen LogP) is 2.05. The van der Waals surface area contributed by atoms with E-state index in [-0.39, 0.29) is 11.8 Å². The second-order valence-electron chi connectivity index (χ2n) is 6.16. The molecule has 0 aromatic heterocycles. The number of carbonyl (C=O) groups is 2. The van der Waals surface area contributed by atoms with Gasteiger partial charge in [0.05, 0.1) is 11.8 Å². The molecule has 104 valence electrons. The minimum absolute atomic E-state index is 0.0890. The van der Waals surface area contributed by atoms with E-state index in [1.807, 2.05) is 17.1 Å². The van der Waals surface area contributed by atoms with Crippen LogP contribution in [0.4, 0.5) is 0 Å². The number of nitrogens with zero attached hydrogens (tertiary/aromatic N) is 1. The van der Waals surface area contributed by atoms with Crippen molar-refractivity contribution in [3.8, 4) is 0 Å². The van der Waals surface area contributed by atoms with E-state index in [0.717, 1.165) is 19.4 Å². The number of carboxylic acid groups (broad SMARTS) is 1. The molecule has 19 heavy (non-hydrogen) atoms. The Hall–Kier alpha value is -1.32. The van der Waals surface area contributed by atoms with E-state index in [4.69, 9.17) is 0 Å². The van der Waals surface area contributed by atoms with Gasteiger partial charge in [-0.1, -0.05) is 12.2 Å². The molecule has 0 aliphatic heterocycles. The van der Waals surface area contributed by atoms with Crippen LogP contribution >= 0.6 is 0 Å². The number of allylic oxidation sites excluding steroid dienone is 2. The van der Waals surface area contributed by atoms with Crippen LogP contribution in [0.3, 0.4) is 0 Å². The summed E-state index contributed by atoms with van der Waals surface area (Å²) in [5.41, 5.74) is 0. The van der Waals surface area contributed by atoms with E-state index < -0.39 is 11.9 Å². The van der Waals surface area contributed by atoms with Crippen molar-refractivity contribution in [3.05, 3.63) is 12.2 Å². The molecule has 3 aliphatic carbocycles. The molecule has 0 aromatic rings. The lowest BCUT2D eigenvalue weighted by Crippen LogP contribution is -2.43. The molecular formula is C15H21NO3. The molecule has 0 saturated heterocycles. The monoisotopic (exact) mass is 263 g/mol. The van der Waals surface area contributed by atoms with E-state index in [0.29, 0.717) is 24.8 Å². The molecule has 3 rings (SSSR count). The summed E-state index contributed by atoms with van der Waals surface area (Å²) in [5.74, 6) is -0.942. The first-order valence-electron chi connectivity index (χ1n) is 7.35. The fourth-order valence-corrected chi connectivity index (χ4v) is 2.96. The highest BCUT2D eigenvalue weighted by atomic mass is 16.4. The number of rotatable bonds is 5. The van der Waals surface area contributed by atoms with Crippen LogP contribution in [-0.2, 0) is 9.59 Å². The number of hydrogen-bond acceptors (Lipinski definition) is 2. The molecule has 2 fully saturated rings. The van der Waals surface area contributed by atoms with Crippen molar-refractivity contribution in [2.24, 2.45) is 17.8 Å². The molecule has 0 bridgehead atoms. The van der Waals surface area contributed by atoms with E-state index in [1.54, 1.807) is 0 Å². The van der Waals surface area contributed by atoms with Gasteiger partial charge < -0.3 is 10.0 Å². The Kier molecular flexibility index (Phi) is 3.33. The second kappa shape index (κ2) is 4.99. The van der Waals surface area contributed by atoms with Gasteiger partial charge in [0.2, 0.25) is 5.91 Å². The predicted molar refractivity (Wildman–Crippen MR) is 70.4 cm³/mol. The lowest BCUT2D eigenvalue weighted by Gasteiger charge is -2.31. The average molecular weight is 263 g/mol. The maximum absolute atomic E-state index is 12.7. The fraction of sp³-hybridized carbons (Fsp3) is 0.733. The largest absolute Gasteiger partial charge is 0.481 e. The highest BCUT2D eigenvalue weighted by Crippen LogP contribution is 2.37. The van der Waals surface area contributed by atoms with Gasteiger partial charge in [-0.15, -0.1) is 0 Å². The van der Waals surface area contributed by atoms with Gasteiger partial charge in [-0.05, 0) is 44.4 Å². The number of amides is 1. The molecule has 2 atom stereocenters. The Bertz CT molecular complexity index is 410. The quantitative estimate of drug-likeness (QED) is 0.772. The summed E-state index contributed by atoms with van der Waals surface area (Å²) in [6, 6.07) is 0.397. The molecule has 0 spiro atoms. The molecule has 4 heteroatoms. The molecule has 3 aliphatic rings. The number of carbonyl (C=O) groups excluding carboxylic acids is 1. The van der Waals surface area contributed by atoms with Crippen molar-refractivity contribution in [2.75, 3.05) is 6.54 Å². The van der Waals surface area contributed by atoms with Crippen LogP contribution in [0.2, 0.25) is 0 Å². The van der Waals surface area contributed by atoms with Gasteiger partial charge in [0, 0.05) is 12.6 Å². The third-order valence-electron chi connectivity index (χ3n) is 4.49. The number of carboxylic acids is 1. The zero-order valence-corrected chi connectivity index (χ0v) is 11.1. The molecule has 2 unspecified atom stereocenters. The van der Waals surface area contributed by atoms with Crippen molar-refractivity contribution in [1.82, 2.24) is 4.90 Å². The molecule has 2 saturated carbocycles. The van der Waals surface area contributed by atoms with E-state index in [2.05, 4.69) is 0 Å². The highest BCUT2D eigenvalue weighted by molar-refractivity contribution is 5.85. The third kappa shape index (κ3) is 2.82. The maximum atomic E-state index is 12.7. The third-order valence-corrected chi connectivity index (χ3v) is 4.49. The normalized spacial score (nSPS) is 30.1. The second-order valence-corrected chi connectivity index (χ2v) is 6.16. The van der Waals surface area contributed by atoms with E-state index in [9.17, 15) is 14.7 Å². The molecule has 0 heterocycles. The van der Waals surface area contributed by atoms with Gasteiger partial charge in [-0.2, -0.15) is 0 Å². The van der Waals surface area contributed by atoms with E-state index in [1.165, 1.54) is 12.8 Å². The van der Waals surface area contributed by atoms with Crippen molar-refractivity contribution in [1.29, 1.82) is 0 Å². The first kappa shape index (κ1) is 12.7. The van der Waals surface area contributed by atoms with Crippen molar-refractivity contribution < 1.29 is 14.7 Å². The standard InChI is InChI=1S/C15H21NO3/c17-14(12-3-1-2-4-13(12)15(18)19)16(11-7-8-11)9-10-5-6-10/h1-2,10-13H,3-9H2,(H,18,19). The summed E-state index contributed by atoms with van der Waals surface area (Å²) in [4.78, 5) is 26.0. The SMILES string of the molecule is O=C(O)C1CC=CCC1C(=O)N(CC1CC1)C1CC1.